The Morgan fingerprint density at radius 1 is 1.79 bits per heavy atom. The fourth-order valence-corrected chi connectivity index (χ4v) is 0.900. The molecule has 0 spiro atoms. The number of hydrogen-bond acceptors (Lipinski definition) is 4. The first-order chi connectivity index (χ1) is 6.63. The van der Waals surface area contributed by atoms with Gasteiger partial charge in [-0.25, -0.2) is 4.79 Å². The molecule has 1 aromatic heterocycles. The number of anilines is 1. The van der Waals surface area contributed by atoms with E-state index in [1.807, 2.05) is 0 Å². The molecule has 14 heavy (non-hydrogen) atoms. The topological polar surface area (TPSA) is 81.1 Å². The largest absolute Gasteiger partial charge is 0.392 e. The molecule has 0 aliphatic carbocycles. The maximum Gasteiger partial charge on any atom is 0.349 e. The number of rotatable bonds is 3. The maximum absolute atomic E-state index is 11.2. The lowest BCUT2D eigenvalue weighted by Gasteiger charge is -2.01. The number of nitrogens with two attached hydrogens (primary N) is 1. The minimum absolute atomic E-state index is 0.00283. The van der Waals surface area contributed by atoms with Crippen LogP contribution in [-0.2, 0) is 6.54 Å². The van der Waals surface area contributed by atoms with Crippen molar-refractivity contribution in [2.45, 2.75) is 13.5 Å². The number of aliphatic hydroxyl groups is 1. The SMILES string of the molecule is C/C(=C\Cn1ccc(N)nc1=O)CO. The Kier molecular flexibility index (Phi) is 3.41. The highest BCUT2D eigenvalue weighted by Crippen LogP contribution is 1.93. The van der Waals surface area contributed by atoms with Gasteiger partial charge in [0.15, 0.2) is 0 Å². The van der Waals surface area contributed by atoms with E-state index in [-0.39, 0.29) is 18.1 Å². The lowest BCUT2D eigenvalue weighted by Crippen LogP contribution is -2.22. The van der Waals surface area contributed by atoms with Crippen LogP contribution in [0.1, 0.15) is 6.92 Å². The van der Waals surface area contributed by atoms with Gasteiger partial charge in [0.05, 0.1) is 6.61 Å². The summed E-state index contributed by atoms with van der Waals surface area (Å²) >= 11 is 0. The molecule has 5 nitrogen and oxygen atoms in total. The molecule has 0 aliphatic rings. The van der Waals surface area contributed by atoms with Gasteiger partial charge in [0.25, 0.3) is 0 Å². The van der Waals surface area contributed by atoms with Gasteiger partial charge in [-0.15, -0.1) is 0 Å². The molecule has 3 N–H and O–H groups in total. The molecule has 0 radical (unpaired) electrons. The number of allylic oxidation sites excluding steroid dienone is 1. The van der Waals surface area contributed by atoms with Gasteiger partial charge in [-0.1, -0.05) is 11.6 Å². The van der Waals surface area contributed by atoms with E-state index >= 15 is 0 Å². The van der Waals surface area contributed by atoms with Crippen LogP contribution in [0.15, 0.2) is 28.7 Å². The monoisotopic (exact) mass is 195 g/mol. The Balaban J connectivity index is 2.83. The number of aromatic nitrogens is 2. The molecule has 0 saturated carbocycles. The summed E-state index contributed by atoms with van der Waals surface area (Å²) in [5.74, 6) is 0.217. The fraction of sp³-hybridized carbons (Fsp3) is 0.333. The first-order valence-electron chi connectivity index (χ1n) is 4.23. The van der Waals surface area contributed by atoms with Crippen LogP contribution in [0.5, 0.6) is 0 Å². The lowest BCUT2D eigenvalue weighted by atomic mass is 10.3. The number of hydrogen-bond donors (Lipinski definition) is 2. The van der Waals surface area contributed by atoms with E-state index in [9.17, 15) is 4.79 Å². The van der Waals surface area contributed by atoms with Crippen molar-refractivity contribution in [3.05, 3.63) is 34.4 Å². The molecule has 76 valence electrons. The summed E-state index contributed by atoms with van der Waals surface area (Å²) in [6.45, 7) is 2.19. The van der Waals surface area contributed by atoms with Gasteiger partial charge in [0.2, 0.25) is 0 Å². The summed E-state index contributed by atoms with van der Waals surface area (Å²) in [4.78, 5) is 14.8. The second kappa shape index (κ2) is 4.57. The van der Waals surface area contributed by atoms with Crippen LogP contribution >= 0.6 is 0 Å². The van der Waals surface area contributed by atoms with Gasteiger partial charge in [-0.05, 0) is 13.0 Å². The minimum atomic E-state index is -0.382. The van der Waals surface area contributed by atoms with Gasteiger partial charge in [0.1, 0.15) is 5.82 Å². The molecule has 0 amide bonds. The Hall–Kier alpha value is -1.62. The molecular formula is C9H13N3O2. The molecule has 0 saturated heterocycles. The van der Waals surface area contributed by atoms with E-state index in [1.165, 1.54) is 4.57 Å². The molecule has 0 bridgehead atoms. The molecule has 5 heteroatoms. The highest BCUT2D eigenvalue weighted by atomic mass is 16.3. The quantitative estimate of drug-likeness (QED) is 0.652. The molecule has 1 aromatic rings. The third-order valence-electron chi connectivity index (χ3n) is 1.78. The van der Waals surface area contributed by atoms with E-state index < -0.39 is 0 Å². The van der Waals surface area contributed by atoms with Crippen LogP contribution < -0.4 is 11.4 Å². The van der Waals surface area contributed by atoms with Gasteiger partial charge in [-0.3, -0.25) is 4.57 Å². The number of nitrogen functional groups attached to an aromatic ring is 1. The third kappa shape index (κ3) is 2.70. The van der Waals surface area contributed by atoms with Crippen molar-refractivity contribution in [3.8, 4) is 0 Å². The molecule has 0 atom stereocenters. The van der Waals surface area contributed by atoms with E-state index in [0.717, 1.165) is 5.57 Å². The Bertz CT molecular complexity index is 395. The Labute approximate surface area is 81.5 Å². The highest BCUT2D eigenvalue weighted by molar-refractivity contribution is 5.23. The minimum Gasteiger partial charge on any atom is -0.392 e. The molecule has 0 fully saturated rings. The number of nitrogens with zero attached hydrogens (tertiary/aromatic N) is 2. The average molecular weight is 195 g/mol. The van der Waals surface area contributed by atoms with Crippen molar-refractivity contribution in [1.29, 1.82) is 0 Å². The predicted molar refractivity (Wildman–Crippen MR) is 53.8 cm³/mol. The number of aliphatic hydroxyl groups excluding tert-OH is 1. The van der Waals surface area contributed by atoms with Crippen molar-refractivity contribution in [2.24, 2.45) is 0 Å². The van der Waals surface area contributed by atoms with Crippen molar-refractivity contribution >= 4 is 5.82 Å². The van der Waals surface area contributed by atoms with Crippen molar-refractivity contribution in [1.82, 2.24) is 9.55 Å². The first-order valence-corrected chi connectivity index (χ1v) is 4.23. The Morgan fingerprint density at radius 2 is 2.50 bits per heavy atom. The summed E-state index contributed by atoms with van der Waals surface area (Å²) in [5, 5.41) is 8.73. The molecule has 0 unspecified atom stereocenters. The van der Waals surface area contributed by atoms with Crippen LogP contribution in [0.2, 0.25) is 0 Å². The van der Waals surface area contributed by atoms with Crippen LogP contribution in [0.3, 0.4) is 0 Å². The summed E-state index contributed by atoms with van der Waals surface area (Å²) in [6, 6.07) is 1.56. The third-order valence-corrected chi connectivity index (χ3v) is 1.78. The zero-order chi connectivity index (χ0) is 10.6. The zero-order valence-corrected chi connectivity index (χ0v) is 7.97. The lowest BCUT2D eigenvalue weighted by molar-refractivity contribution is 0.330. The van der Waals surface area contributed by atoms with Crippen molar-refractivity contribution in [2.75, 3.05) is 12.3 Å². The van der Waals surface area contributed by atoms with E-state index in [1.54, 1.807) is 25.3 Å². The molecule has 0 aliphatic heterocycles. The van der Waals surface area contributed by atoms with Gasteiger partial charge in [-0.2, -0.15) is 4.98 Å². The van der Waals surface area contributed by atoms with E-state index in [4.69, 9.17) is 10.8 Å². The van der Waals surface area contributed by atoms with Crippen LogP contribution in [0.4, 0.5) is 5.82 Å². The fourth-order valence-electron chi connectivity index (χ4n) is 0.900. The summed E-state index contributed by atoms with van der Waals surface area (Å²) in [6.07, 6.45) is 3.34. The predicted octanol–water partition coefficient (Wildman–Crippen LogP) is -0.236. The smallest absolute Gasteiger partial charge is 0.349 e. The summed E-state index contributed by atoms with van der Waals surface area (Å²) in [5.41, 5.74) is 5.76. The second-order valence-electron chi connectivity index (χ2n) is 3.00. The maximum atomic E-state index is 11.2. The second-order valence-corrected chi connectivity index (χ2v) is 3.00. The molecule has 1 rings (SSSR count). The average Bonchev–Trinajstić information content (AvgIpc) is 2.16. The van der Waals surface area contributed by atoms with E-state index in [0.29, 0.717) is 6.54 Å². The first kappa shape index (κ1) is 10.5. The standard InChI is InChI=1S/C9H13N3O2/c1-7(6-13)2-4-12-5-3-8(10)11-9(12)14/h2-3,5,13H,4,6H2,1H3,(H2,10,11,14)/b7-2+. The summed E-state index contributed by atoms with van der Waals surface area (Å²) < 4.78 is 1.41. The van der Waals surface area contributed by atoms with Crippen LogP contribution in [-0.4, -0.2) is 21.3 Å². The van der Waals surface area contributed by atoms with Gasteiger partial charge in [0, 0.05) is 12.7 Å². The van der Waals surface area contributed by atoms with Crippen LogP contribution in [0, 0.1) is 0 Å². The van der Waals surface area contributed by atoms with Crippen LogP contribution in [0.25, 0.3) is 0 Å². The van der Waals surface area contributed by atoms with Gasteiger partial charge < -0.3 is 10.8 Å². The van der Waals surface area contributed by atoms with Crippen molar-refractivity contribution in [3.63, 3.8) is 0 Å². The molecule has 1 heterocycles. The normalized spacial score (nSPS) is 11.7. The Morgan fingerprint density at radius 3 is 3.07 bits per heavy atom. The molecule has 0 aromatic carbocycles. The molecular weight excluding hydrogens is 182 g/mol. The van der Waals surface area contributed by atoms with E-state index in [2.05, 4.69) is 4.98 Å². The summed E-state index contributed by atoms with van der Waals surface area (Å²) in [7, 11) is 0. The van der Waals surface area contributed by atoms with Crippen molar-refractivity contribution < 1.29 is 5.11 Å². The highest BCUT2D eigenvalue weighted by Gasteiger charge is 1.95. The zero-order valence-electron chi connectivity index (χ0n) is 7.97. The van der Waals surface area contributed by atoms with Gasteiger partial charge >= 0.3 is 5.69 Å².